The summed E-state index contributed by atoms with van der Waals surface area (Å²) in [6.45, 7) is 0.361. The van der Waals surface area contributed by atoms with Crippen LogP contribution in [0.15, 0.2) is 76.2 Å². The molecule has 2 heterocycles. The van der Waals surface area contributed by atoms with Crippen LogP contribution in [0, 0.1) is 0 Å². The summed E-state index contributed by atoms with van der Waals surface area (Å²) in [6.07, 6.45) is 2.87. The molecule has 0 saturated carbocycles. The molecule has 154 valence electrons. The largest absolute Gasteiger partial charge is 0.494 e. The summed E-state index contributed by atoms with van der Waals surface area (Å²) in [5, 5.41) is 0.659. The molecule has 0 atom stereocenters. The Hall–Kier alpha value is -2.77. The number of aromatic nitrogens is 1. The Morgan fingerprint density at radius 3 is 2.77 bits per heavy atom. The van der Waals surface area contributed by atoms with Crippen molar-refractivity contribution in [3.63, 3.8) is 0 Å². The van der Waals surface area contributed by atoms with E-state index in [0.717, 1.165) is 28.2 Å². The van der Waals surface area contributed by atoms with E-state index < -0.39 is 0 Å². The van der Waals surface area contributed by atoms with Crippen molar-refractivity contribution >= 4 is 44.4 Å². The van der Waals surface area contributed by atoms with Gasteiger partial charge in [-0.25, -0.2) is 4.98 Å². The number of thiazole rings is 1. The number of methoxy groups -OCH3 is 1. The number of ether oxygens (including phenoxy) is 1. The second-order valence-corrected chi connectivity index (χ2v) is 8.81. The van der Waals surface area contributed by atoms with Gasteiger partial charge in [0, 0.05) is 11.3 Å². The van der Waals surface area contributed by atoms with Crippen LogP contribution in [-0.2, 0) is 11.3 Å². The van der Waals surface area contributed by atoms with Gasteiger partial charge < -0.3 is 9.15 Å². The van der Waals surface area contributed by atoms with E-state index >= 15 is 0 Å². The molecule has 2 aromatic heterocycles. The molecule has 0 radical (unpaired) electrons. The lowest BCUT2D eigenvalue weighted by Crippen LogP contribution is -2.30. The predicted octanol–water partition coefficient (Wildman–Crippen LogP) is 6.00. The average molecular weight is 439 g/mol. The Labute approximate surface area is 183 Å². The normalized spacial score (nSPS) is 11.0. The predicted molar refractivity (Wildman–Crippen MR) is 122 cm³/mol. The zero-order valence-corrected chi connectivity index (χ0v) is 18.2. The quantitative estimate of drug-likeness (QED) is 0.237. The highest BCUT2D eigenvalue weighted by Gasteiger charge is 2.22. The van der Waals surface area contributed by atoms with Gasteiger partial charge in [-0.05, 0) is 48.6 Å². The lowest BCUT2D eigenvalue weighted by atomic mass is 10.3. The molecule has 5 nitrogen and oxygen atoms in total. The summed E-state index contributed by atoms with van der Waals surface area (Å²) < 4.78 is 11.9. The second kappa shape index (κ2) is 9.82. The van der Waals surface area contributed by atoms with Crippen LogP contribution in [0.5, 0.6) is 5.75 Å². The second-order valence-electron chi connectivity index (χ2n) is 6.63. The fourth-order valence-corrected chi connectivity index (χ4v) is 4.95. The van der Waals surface area contributed by atoms with E-state index in [1.165, 1.54) is 16.2 Å². The van der Waals surface area contributed by atoms with Gasteiger partial charge in [-0.1, -0.05) is 35.6 Å². The average Bonchev–Trinajstić information content (AvgIpc) is 3.45. The van der Waals surface area contributed by atoms with Gasteiger partial charge >= 0.3 is 0 Å². The minimum Gasteiger partial charge on any atom is -0.494 e. The molecule has 2 aromatic carbocycles. The molecule has 4 rings (SSSR count). The van der Waals surface area contributed by atoms with Gasteiger partial charge in [-0.2, -0.15) is 0 Å². The van der Waals surface area contributed by atoms with Crippen molar-refractivity contribution in [2.24, 2.45) is 0 Å². The number of carbonyl (C=O) groups excluding carboxylic acids is 1. The zero-order chi connectivity index (χ0) is 20.8. The lowest BCUT2D eigenvalue weighted by molar-refractivity contribution is -0.118. The molecule has 0 fully saturated rings. The highest BCUT2D eigenvalue weighted by molar-refractivity contribution is 7.99. The van der Waals surface area contributed by atoms with Crippen molar-refractivity contribution in [1.29, 1.82) is 0 Å². The topological polar surface area (TPSA) is 55.6 Å². The molecule has 0 unspecified atom stereocenters. The van der Waals surface area contributed by atoms with Gasteiger partial charge in [0.25, 0.3) is 0 Å². The van der Waals surface area contributed by atoms with Crippen LogP contribution in [-0.4, -0.2) is 23.8 Å². The third-order valence-electron chi connectivity index (χ3n) is 4.56. The minimum atomic E-state index is 0.0399. The Morgan fingerprint density at radius 2 is 2.00 bits per heavy atom. The fourth-order valence-electron chi connectivity index (χ4n) is 3.08. The molecular weight excluding hydrogens is 416 g/mol. The van der Waals surface area contributed by atoms with Crippen molar-refractivity contribution in [3.05, 3.63) is 72.7 Å². The Bertz CT molecular complexity index is 1090. The molecule has 0 saturated heterocycles. The number of benzene rings is 2. The molecule has 0 aliphatic rings. The number of carbonyl (C=O) groups is 1. The molecule has 7 heteroatoms. The smallest absolute Gasteiger partial charge is 0.229 e. The number of fused-ring (bicyclic) bond motifs is 1. The number of hydrogen-bond donors (Lipinski definition) is 0. The monoisotopic (exact) mass is 438 g/mol. The minimum absolute atomic E-state index is 0.0399. The summed E-state index contributed by atoms with van der Waals surface area (Å²) in [5.41, 5.74) is 0.775. The summed E-state index contributed by atoms with van der Waals surface area (Å²) in [4.78, 5) is 20.8. The van der Waals surface area contributed by atoms with Crippen molar-refractivity contribution in [2.75, 3.05) is 17.8 Å². The molecule has 4 aromatic rings. The van der Waals surface area contributed by atoms with E-state index in [0.29, 0.717) is 23.8 Å². The van der Waals surface area contributed by atoms with Crippen LogP contribution in [0.25, 0.3) is 10.2 Å². The van der Waals surface area contributed by atoms with Gasteiger partial charge in [0.2, 0.25) is 5.91 Å². The number of nitrogens with zero attached hydrogens (tertiary/aromatic N) is 2. The van der Waals surface area contributed by atoms with Crippen molar-refractivity contribution in [2.45, 2.75) is 24.3 Å². The summed E-state index contributed by atoms with van der Waals surface area (Å²) >= 11 is 3.25. The van der Waals surface area contributed by atoms with Crippen LogP contribution < -0.4 is 9.64 Å². The summed E-state index contributed by atoms with van der Waals surface area (Å²) in [7, 11) is 1.63. The molecule has 30 heavy (non-hydrogen) atoms. The Kier molecular flexibility index (Phi) is 6.71. The molecule has 0 aliphatic carbocycles. The van der Waals surface area contributed by atoms with Gasteiger partial charge in [0.05, 0.1) is 24.6 Å². The number of furan rings is 1. The van der Waals surface area contributed by atoms with Crippen LogP contribution in [0.4, 0.5) is 5.13 Å². The maximum absolute atomic E-state index is 13.1. The van der Waals surface area contributed by atoms with Gasteiger partial charge in [-0.3, -0.25) is 9.69 Å². The Balaban J connectivity index is 1.49. The number of anilines is 1. The highest BCUT2D eigenvalue weighted by atomic mass is 32.2. The van der Waals surface area contributed by atoms with Crippen molar-refractivity contribution in [1.82, 2.24) is 4.98 Å². The van der Waals surface area contributed by atoms with E-state index in [4.69, 9.17) is 14.1 Å². The molecular formula is C23H22N2O3S2. The maximum Gasteiger partial charge on any atom is 0.229 e. The van der Waals surface area contributed by atoms with Gasteiger partial charge in [-0.15, -0.1) is 11.8 Å². The molecule has 0 N–H and O–H groups in total. The lowest BCUT2D eigenvalue weighted by Gasteiger charge is -2.18. The zero-order valence-electron chi connectivity index (χ0n) is 16.6. The molecule has 0 aliphatic heterocycles. The van der Waals surface area contributed by atoms with Crippen LogP contribution in [0.3, 0.4) is 0 Å². The maximum atomic E-state index is 13.1. The number of amides is 1. The van der Waals surface area contributed by atoms with E-state index in [2.05, 4.69) is 12.1 Å². The number of thioether (sulfide) groups is 1. The van der Waals surface area contributed by atoms with E-state index in [1.54, 1.807) is 30.0 Å². The first-order chi connectivity index (χ1) is 14.7. The number of rotatable bonds is 9. The highest BCUT2D eigenvalue weighted by Crippen LogP contribution is 2.35. The van der Waals surface area contributed by atoms with E-state index in [1.807, 2.05) is 48.5 Å². The molecule has 0 bridgehead atoms. The summed E-state index contributed by atoms with van der Waals surface area (Å²) in [6, 6.07) is 19.7. The van der Waals surface area contributed by atoms with Crippen molar-refractivity contribution in [3.8, 4) is 5.75 Å². The third kappa shape index (κ3) is 4.86. The van der Waals surface area contributed by atoms with Crippen LogP contribution >= 0.6 is 23.1 Å². The van der Waals surface area contributed by atoms with Gasteiger partial charge in [0.1, 0.15) is 17.0 Å². The molecule has 0 spiro atoms. The van der Waals surface area contributed by atoms with Crippen molar-refractivity contribution < 1.29 is 13.9 Å². The molecule has 1 amide bonds. The standard InChI is InChI=1S/C23H22N2O3S2/c1-27-19-11-5-12-20-22(19)24-23(30-20)25(16-17-8-6-14-28-17)21(26)13-7-15-29-18-9-3-2-4-10-18/h2-6,8-12,14H,7,13,15-16H2,1H3. The first kappa shape index (κ1) is 20.5. The first-order valence-electron chi connectivity index (χ1n) is 9.69. The fraction of sp³-hybridized carbons (Fsp3) is 0.217. The van der Waals surface area contributed by atoms with E-state index in [9.17, 15) is 4.79 Å². The van der Waals surface area contributed by atoms with Crippen LogP contribution in [0.1, 0.15) is 18.6 Å². The number of para-hydroxylation sites is 1. The Morgan fingerprint density at radius 1 is 1.13 bits per heavy atom. The third-order valence-corrected chi connectivity index (χ3v) is 6.71. The van der Waals surface area contributed by atoms with Crippen LogP contribution in [0.2, 0.25) is 0 Å². The SMILES string of the molecule is COc1cccc2sc(N(Cc3ccco3)C(=O)CCCSc3ccccc3)nc12. The number of hydrogen-bond acceptors (Lipinski definition) is 6. The first-order valence-corrected chi connectivity index (χ1v) is 11.5. The van der Waals surface area contributed by atoms with E-state index in [-0.39, 0.29) is 5.91 Å². The van der Waals surface area contributed by atoms with Gasteiger partial charge in [0.15, 0.2) is 5.13 Å². The summed E-state index contributed by atoms with van der Waals surface area (Å²) in [5.74, 6) is 2.36.